The van der Waals surface area contributed by atoms with E-state index in [9.17, 15) is 10.1 Å². The summed E-state index contributed by atoms with van der Waals surface area (Å²) in [5, 5.41) is 20.3. The van der Waals surface area contributed by atoms with E-state index in [1.165, 1.54) is 6.07 Å². The number of nitro groups is 1. The Labute approximate surface area is 116 Å². The first-order chi connectivity index (χ1) is 9.11. The third-order valence-electron chi connectivity index (χ3n) is 3.44. The van der Waals surface area contributed by atoms with Crippen molar-refractivity contribution in [1.29, 1.82) is 5.26 Å². The van der Waals surface area contributed by atoms with E-state index in [0.29, 0.717) is 17.1 Å². The molecule has 19 heavy (non-hydrogen) atoms. The molecule has 100 valence electrons. The predicted molar refractivity (Wildman–Crippen MR) is 71.7 cm³/mol. The van der Waals surface area contributed by atoms with Gasteiger partial charge < -0.3 is 0 Å². The minimum atomic E-state index is -0.400. The predicted octanol–water partition coefficient (Wildman–Crippen LogP) is 2.98. The van der Waals surface area contributed by atoms with Gasteiger partial charge in [-0.05, 0) is 32.0 Å². The maximum Gasteiger partial charge on any atom is 0.275 e. The van der Waals surface area contributed by atoms with Gasteiger partial charge in [0.25, 0.3) is 5.69 Å². The number of hydrogen-bond acceptors (Lipinski definition) is 4. The molecule has 0 unspecified atom stereocenters. The number of hydrogen-bond donors (Lipinski definition) is 0. The van der Waals surface area contributed by atoms with Crippen molar-refractivity contribution in [3.05, 3.63) is 38.9 Å². The lowest BCUT2D eigenvalue weighted by atomic mass is 9.98. The van der Waals surface area contributed by atoms with Crippen LogP contribution in [0.25, 0.3) is 0 Å². The normalized spacial score (nSPS) is 17.1. The highest BCUT2D eigenvalue weighted by Crippen LogP contribution is 2.29. The standard InChI is InChI=1S/C13H14ClN3O2/c14-12-2-1-3-13(17(18)19)11(12)9-16-6-4-10(8-15)5-7-16/h1-3,10H,4-7,9H2. The molecule has 0 spiro atoms. The van der Waals surface area contributed by atoms with Gasteiger partial charge in [0, 0.05) is 18.5 Å². The van der Waals surface area contributed by atoms with Crippen LogP contribution in [-0.2, 0) is 6.54 Å². The molecule has 0 saturated carbocycles. The van der Waals surface area contributed by atoms with Crippen molar-refractivity contribution in [3.63, 3.8) is 0 Å². The molecule has 2 rings (SSSR count). The monoisotopic (exact) mass is 279 g/mol. The number of likely N-dealkylation sites (tertiary alicyclic amines) is 1. The number of nitriles is 1. The summed E-state index contributed by atoms with van der Waals surface area (Å²) in [5.74, 6) is 0.109. The summed E-state index contributed by atoms with van der Waals surface area (Å²) < 4.78 is 0. The summed E-state index contributed by atoms with van der Waals surface area (Å²) in [6.07, 6.45) is 1.63. The maximum absolute atomic E-state index is 11.0. The Hall–Kier alpha value is -1.64. The number of nitrogens with zero attached hydrogens (tertiary/aromatic N) is 3. The second-order valence-electron chi connectivity index (χ2n) is 4.67. The average Bonchev–Trinajstić information content (AvgIpc) is 2.41. The minimum Gasteiger partial charge on any atom is -0.299 e. The summed E-state index contributed by atoms with van der Waals surface area (Å²) in [5.41, 5.74) is 0.625. The molecule has 1 heterocycles. The van der Waals surface area contributed by atoms with Crippen molar-refractivity contribution >= 4 is 17.3 Å². The Morgan fingerprint density at radius 2 is 2.16 bits per heavy atom. The lowest BCUT2D eigenvalue weighted by Crippen LogP contribution is -2.33. The summed E-state index contributed by atoms with van der Waals surface area (Å²) >= 11 is 6.07. The first-order valence-corrected chi connectivity index (χ1v) is 6.53. The van der Waals surface area contributed by atoms with Crippen LogP contribution in [0.2, 0.25) is 5.02 Å². The molecule has 6 heteroatoms. The lowest BCUT2D eigenvalue weighted by molar-refractivity contribution is -0.385. The Morgan fingerprint density at radius 1 is 1.47 bits per heavy atom. The molecular weight excluding hydrogens is 266 g/mol. The molecule has 1 aliphatic heterocycles. The zero-order valence-corrected chi connectivity index (χ0v) is 11.1. The average molecular weight is 280 g/mol. The van der Waals surface area contributed by atoms with Crippen LogP contribution in [-0.4, -0.2) is 22.9 Å². The molecule has 0 aromatic heterocycles. The van der Waals surface area contributed by atoms with Crippen molar-refractivity contribution in [1.82, 2.24) is 4.90 Å². The second kappa shape index (κ2) is 6.00. The largest absolute Gasteiger partial charge is 0.299 e. The zero-order valence-electron chi connectivity index (χ0n) is 10.4. The van der Waals surface area contributed by atoms with Gasteiger partial charge in [-0.2, -0.15) is 5.26 Å². The zero-order chi connectivity index (χ0) is 13.8. The molecule has 0 amide bonds. The van der Waals surface area contributed by atoms with Crippen LogP contribution in [0.1, 0.15) is 18.4 Å². The van der Waals surface area contributed by atoms with Crippen molar-refractivity contribution in [2.45, 2.75) is 19.4 Å². The second-order valence-corrected chi connectivity index (χ2v) is 5.08. The molecule has 1 fully saturated rings. The Balaban J connectivity index is 2.12. The van der Waals surface area contributed by atoms with Crippen LogP contribution in [0.4, 0.5) is 5.69 Å². The summed E-state index contributed by atoms with van der Waals surface area (Å²) in [6.45, 7) is 2.02. The van der Waals surface area contributed by atoms with Crippen LogP contribution in [0, 0.1) is 27.4 Å². The Kier molecular flexibility index (Phi) is 4.35. The van der Waals surface area contributed by atoms with Crippen LogP contribution >= 0.6 is 11.6 Å². The van der Waals surface area contributed by atoms with Gasteiger partial charge in [0.2, 0.25) is 0 Å². The quantitative estimate of drug-likeness (QED) is 0.630. The van der Waals surface area contributed by atoms with Crippen molar-refractivity contribution in [2.75, 3.05) is 13.1 Å². The molecular formula is C13H14ClN3O2. The van der Waals surface area contributed by atoms with Crippen LogP contribution in [0.5, 0.6) is 0 Å². The molecule has 0 atom stereocenters. The van der Waals surface area contributed by atoms with Gasteiger partial charge in [0.1, 0.15) is 0 Å². The molecule has 1 aliphatic rings. The summed E-state index contributed by atoms with van der Waals surface area (Å²) in [7, 11) is 0. The van der Waals surface area contributed by atoms with E-state index in [4.69, 9.17) is 16.9 Å². The number of halogens is 1. The number of benzene rings is 1. The highest BCUT2D eigenvalue weighted by atomic mass is 35.5. The molecule has 1 saturated heterocycles. The van der Waals surface area contributed by atoms with Crippen LogP contribution in [0.15, 0.2) is 18.2 Å². The summed E-state index contributed by atoms with van der Waals surface area (Å²) in [6, 6.07) is 7.01. The number of nitro benzene ring substituents is 1. The van der Waals surface area contributed by atoms with Gasteiger partial charge in [0.15, 0.2) is 0 Å². The SMILES string of the molecule is N#CC1CCN(Cc2c(Cl)cccc2[N+](=O)[O-])CC1. The van der Waals surface area contributed by atoms with Crippen molar-refractivity contribution in [2.24, 2.45) is 5.92 Å². The van der Waals surface area contributed by atoms with E-state index in [2.05, 4.69) is 11.0 Å². The summed E-state index contributed by atoms with van der Waals surface area (Å²) in [4.78, 5) is 12.7. The maximum atomic E-state index is 11.0. The third kappa shape index (κ3) is 3.22. The van der Waals surface area contributed by atoms with E-state index in [1.54, 1.807) is 12.1 Å². The van der Waals surface area contributed by atoms with Crippen LogP contribution < -0.4 is 0 Å². The van der Waals surface area contributed by atoms with Crippen LogP contribution in [0.3, 0.4) is 0 Å². The lowest BCUT2D eigenvalue weighted by Gasteiger charge is -2.29. The van der Waals surface area contributed by atoms with Gasteiger partial charge >= 0.3 is 0 Å². The molecule has 1 aromatic carbocycles. The van der Waals surface area contributed by atoms with Crippen molar-refractivity contribution < 1.29 is 4.92 Å². The van der Waals surface area contributed by atoms with Gasteiger partial charge in [-0.25, -0.2) is 0 Å². The van der Waals surface area contributed by atoms with E-state index < -0.39 is 4.92 Å². The minimum absolute atomic E-state index is 0.0647. The topological polar surface area (TPSA) is 70.2 Å². The number of piperidine rings is 1. The molecule has 0 radical (unpaired) electrons. The Bertz CT molecular complexity index is 519. The van der Waals surface area contributed by atoms with Gasteiger partial charge in [-0.3, -0.25) is 15.0 Å². The van der Waals surface area contributed by atoms with E-state index in [0.717, 1.165) is 25.9 Å². The first-order valence-electron chi connectivity index (χ1n) is 6.15. The molecule has 0 N–H and O–H groups in total. The Morgan fingerprint density at radius 3 is 2.74 bits per heavy atom. The fourth-order valence-electron chi connectivity index (χ4n) is 2.32. The van der Waals surface area contributed by atoms with Crippen molar-refractivity contribution in [3.8, 4) is 6.07 Å². The third-order valence-corrected chi connectivity index (χ3v) is 3.80. The fraction of sp³-hybridized carbons (Fsp3) is 0.462. The van der Waals surface area contributed by atoms with Gasteiger partial charge in [0.05, 0.1) is 21.6 Å². The van der Waals surface area contributed by atoms with Gasteiger partial charge in [-0.1, -0.05) is 17.7 Å². The first kappa shape index (κ1) is 13.8. The molecule has 0 aliphatic carbocycles. The fourth-order valence-corrected chi connectivity index (χ4v) is 2.55. The highest BCUT2D eigenvalue weighted by Gasteiger charge is 2.23. The molecule has 1 aromatic rings. The van der Waals surface area contributed by atoms with E-state index in [1.807, 2.05) is 0 Å². The molecule has 0 bridgehead atoms. The smallest absolute Gasteiger partial charge is 0.275 e. The molecule has 5 nitrogen and oxygen atoms in total. The van der Waals surface area contributed by atoms with E-state index in [-0.39, 0.29) is 11.6 Å². The highest BCUT2D eigenvalue weighted by molar-refractivity contribution is 6.31. The number of rotatable bonds is 3. The van der Waals surface area contributed by atoms with Gasteiger partial charge in [-0.15, -0.1) is 0 Å². The van der Waals surface area contributed by atoms with E-state index >= 15 is 0 Å².